The maximum absolute atomic E-state index is 12.6. The number of nitrogens with zero attached hydrogens (tertiary/aromatic N) is 1. The number of sulfone groups is 1. The quantitative estimate of drug-likeness (QED) is 0.745. The third kappa shape index (κ3) is 3.79. The number of benzene rings is 1. The lowest BCUT2D eigenvalue weighted by Gasteiger charge is -2.26. The van der Waals surface area contributed by atoms with Crippen LogP contribution in [0.4, 0.5) is 0 Å². The number of halogens is 2. The van der Waals surface area contributed by atoms with Crippen LogP contribution in [0, 0.1) is 12.3 Å². The molecular weight excluding hydrogens is 378 g/mol. The molecule has 1 aliphatic heterocycles. The van der Waals surface area contributed by atoms with Crippen molar-refractivity contribution in [1.82, 2.24) is 4.90 Å². The summed E-state index contributed by atoms with van der Waals surface area (Å²) in [6.07, 6.45) is 5.73. The first-order valence-corrected chi connectivity index (χ1v) is 9.23. The van der Waals surface area contributed by atoms with Crippen molar-refractivity contribution in [2.75, 3.05) is 18.1 Å². The van der Waals surface area contributed by atoms with Crippen molar-refractivity contribution in [3.05, 3.63) is 33.3 Å². The van der Waals surface area contributed by atoms with Crippen LogP contribution in [0.2, 0.25) is 5.02 Å². The van der Waals surface area contributed by atoms with E-state index in [0.717, 1.165) is 0 Å². The van der Waals surface area contributed by atoms with Crippen LogP contribution in [0.25, 0.3) is 0 Å². The van der Waals surface area contributed by atoms with Crippen LogP contribution in [0.15, 0.2) is 22.7 Å². The molecule has 1 amide bonds. The number of hydrogen-bond donors (Lipinski definition) is 0. The van der Waals surface area contributed by atoms with E-state index in [1.807, 2.05) is 0 Å². The van der Waals surface area contributed by atoms with E-state index in [4.69, 9.17) is 18.0 Å². The van der Waals surface area contributed by atoms with Crippen molar-refractivity contribution in [3.8, 4) is 12.3 Å². The van der Waals surface area contributed by atoms with Crippen LogP contribution < -0.4 is 0 Å². The first-order chi connectivity index (χ1) is 9.84. The molecule has 0 aliphatic carbocycles. The average Bonchev–Trinajstić information content (AvgIpc) is 2.78. The lowest BCUT2D eigenvalue weighted by molar-refractivity contribution is 0.0724. The second-order valence-corrected chi connectivity index (χ2v) is 8.31. The molecule has 7 heteroatoms. The predicted molar refractivity (Wildman–Crippen MR) is 86.1 cm³/mol. The summed E-state index contributed by atoms with van der Waals surface area (Å²) in [7, 11) is -3.08. The molecule has 0 N–H and O–H groups in total. The molecule has 0 aromatic heterocycles. The predicted octanol–water partition coefficient (Wildman–Crippen LogP) is 2.37. The largest absolute Gasteiger partial charge is 0.323 e. The highest BCUT2D eigenvalue weighted by Gasteiger charge is 2.34. The molecule has 4 nitrogen and oxygen atoms in total. The summed E-state index contributed by atoms with van der Waals surface area (Å²) in [6.45, 7) is 0.0826. The molecule has 0 spiro atoms. The lowest BCUT2D eigenvalue weighted by Crippen LogP contribution is -2.41. The molecule has 1 fully saturated rings. The van der Waals surface area contributed by atoms with Gasteiger partial charge < -0.3 is 4.90 Å². The van der Waals surface area contributed by atoms with Crippen molar-refractivity contribution >= 4 is 43.3 Å². The van der Waals surface area contributed by atoms with E-state index in [-0.39, 0.29) is 30.0 Å². The average molecular weight is 391 g/mol. The van der Waals surface area contributed by atoms with E-state index in [1.165, 1.54) is 4.90 Å². The summed E-state index contributed by atoms with van der Waals surface area (Å²) < 4.78 is 23.8. The molecule has 0 saturated carbocycles. The number of terminal acetylenes is 1. The fourth-order valence-electron chi connectivity index (χ4n) is 2.28. The van der Waals surface area contributed by atoms with Crippen LogP contribution in [-0.2, 0) is 9.84 Å². The van der Waals surface area contributed by atoms with Crippen molar-refractivity contribution in [3.63, 3.8) is 0 Å². The summed E-state index contributed by atoms with van der Waals surface area (Å²) in [6, 6.07) is 4.45. The van der Waals surface area contributed by atoms with Gasteiger partial charge in [-0.25, -0.2) is 8.42 Å². The molecule has 2 rings (SSSR count). The van der Waals surface area contributed by atoms with Crippen LogP contribution in [0.1, 0.15) is 16.8 Å². The minimum Gasteiger partial charge on any atom is -0.323 e. The molecular formula is C14H13BrClNO3S. The SMILES string of the molecule is C#CCN(C(=O)c1ccc(Cl)c(Br)c1)C1CCS(=O)(=O)C1. The number of carbonyl (C=O) groups excluding carboxylic acids is 1. The highest BCUT2D eigenvalue weighted by atomic mass is 79.9. The van der Waals surface area contributed by atoms with E-state index in [1.54, 1.807) is 18.2 Å². The maximum atomic E-state index is 12.6. The molecule has 1 aromatic carbocycles. The zero-order chi connectivity index (χ0) is 15.6. The van der Waals surface area contributed by atoms with Gasteiger partial charge >= 0.3 is 0 Å². The van der Waals surface area contributed by atoms with Gasteiger partial charge in [0, 0.05) is 16.1 Å². The van der Waals surface area contributed by atoms with Crippen LogP contribution in [0.3, 0.4) is 0 Å². The fraction of sp³-hybridized carbons (Fsp3) is 0.357. The minimum absolute atomic E-state index is 0.0326. The van der Waals surface area contributed by atoms with Crippen LogP contribution in [0.5, 0.6) is 0 Å². The third-order valence-corrected chi connectivity index (χ3v) is 6.30. The summed E-state index contributed by atoms with van der Waals surface area (Å²) in [5.74, 6) is 2.20. The summed E-state index contributed by atoms with van der Waals surface area (Å²) in [5, 5.41) is 0.499. The third-order valence-electron chi connectivity index (χ3n) is 3.34. The molecule has 112 valence electrons. The first-order valence-electron chi connectivity index (χ1n) is 6.24. The smallest absolute Gasteiger partial charge is 0.254 e. The van der Waals surface area contributed by atoms with Gasteiger partial charge in [-0.05, 0) is 40.5 Å². The van der Waals surface area contributed by atoms with Crippen molar-refractivity contribution in [1.29, 1.82) is 0 Å². The van der Waals surface area contributed by atoms with Gasteiger partial charge in [0.05, 0.1) is 23.1 Å². The van der Waals surface area contributed by atoms with Gasteiger partial charge in [0.15, 0.2) is 9.84 Å². The van der Waals surface area contributed by atoms with Gasteiger partial charge in [-0.2, -0.15) is 0 Å². The van der Waals surface area contributed by atoms with Crippen LogP contribution >= 0.6 is 27.5 Å². The molecule has 1 saturated heterocycles. The highest BCUT2D eigenvalue weighted by Crippen LogP contribution is 2.25. The summed E-state index contributed by atoms with van der Waals surface area (Å²) in [5.41, 5.74) is 0.422. The number of rotatable bonds is 3. The lowest BCUT2D eigenvalue weighted by atomic mass is 10.1. The Hall–Kier alpha value is -1.03. The Morgan fingerprint density at radius 1 is 1.52 bits per heavy atom. The fourth-order valence-corrected chi connectivity index (χ4v) is 4.51. The molecule has 1 aliphatic rings. The zero-order valence-corrected chi connectivity index (χ0v) is 14.2. The Bertz CT molecular complexity index is 711. The second kappa shape index (κ2) is 6.39. The van der Waals surface area contributed by atoms with Gasteiger partial charge in [-0.15, -0.1) is 6.42 Å². The van der Waals surface area contributed by atoms with E-state index in [9.17, 15) is 13.2 Å². The van der Waals surface area contributed by atoms with Gasteiger partial charge in [0.1, 0.15) is 0 Å². The van der Waals surface area contributed by atoms with Gasteiger partial charge in [-0.3, -0.25) is 4.79 Å². The van der Waals surface area contributed by atoms with E-state index in [2.05, 4.69) is 21.9 Å². The summed E-state index contributed by atoms with van der Waals surface area (Å²) >= 11 is 9.17. The molecule has 1 heterocycles. The van der Waals surface area contributed by atoms with Crippen LogP contribution in [-0.4, -0.2) is 43.3 Å². The first kappa shape index (κ1) is 16.3. The standard InChI is InChI=1S/C14H13BrClNO3S/c1-2-6-17(11-5-7-21(19,20)9-11)14(18)10-3-4-13(16)12(15)8-10/h1,3-4,8,11H,5-7,9H2. The molecule has 1 atom stereocenters. The van der Waals surface area contributed by atoms with Crippen molar-refractivity contribution < 1.29 is 13.2 Å². The molecule has 1 aromatic rings. The topological polar surface area (TPSA) is 54.5 Å². The van der Waals surface area contributed by atoms with E-state index < -0.39 is 9.84 Å². The molecule has 0 bridgehead atoms. The van der Waals surface area contributed by atoms with Gasteiger partial charge in [0.25, 0.3) is 5.91 Å². The number of hydrogen-bond acceptors (Lipinski definition) is 3. The Balaban J connectivity index is 2.28. The van der Waals surface area contributed by atoms with E-state index >= 15 is 0 Å². The summed E-state index contributed by atoms with van der Waals surface area (Å²) in [4.78, 5) is 14.0. The molecule has 1 unspecified atom stereocenters. The number of amides is 1. The Kier molecular flexibility index (Phi) is 4.97. The Morgan fingerprint density at radius 3 is 2.76 bits per heavy atom. The maximum Gasteiger partial charge on any atom is 0.254 e. The Labute approximate surface area is 137 Å². The monoisotopic (exact) mass is 389 g/mol. The van der Waals surface area contributed by atoms with Crippen molar-refractivity contribution in [2.24, 2.45) is 0 Å². The molecule has 21 heavy (non-hydrogen) atoms. The van der Waals surface area contributed by atoms with E-state index in [0.29, 0.717) is 21.5 Å². The zero-order valence-electron chi connectivity index (χ0n) is 11.1. The number of carbonyl (C=O) groups is 1. The second-order valence-electron chi connectivity index (χ2n) is 4.82. The van der Waals surface area contributed by atoms with Crippen molar-refractivity contribution in [2.45, 2.75) is 12.5 Å². The normalized spacial score (nSPS) is 20.0. The van der Waals surface area contributed by atoms with Gasteiger partial charge in [-0.1, -0.05) is 17.5 Å². The highest BCUT2D eigenvalue weighted by molar-refractivity contribution is 9.10. The van der Waals surface area contributed by atoms with Gasteiger partial charge in [0.2, 0.25) is 0 Å². The molecule has 0 radical (unpaired) electrons. The Morgan fingerprint density at radius 2 is 2.24 bits per heavy atom. The minimum atomic E-state index is -3.08.